The third-order valence-electron chi connectivity index (χ3n) is 3.61. The van der Waals surface area contributed by atoms with E-state index in [1.54, 1.807) is 0 Å². The minimum absolute atomic E-state index is 0.0143. The number of rotatable bonds is 7. The fourth-order valence-corrected chi connectivity index (χ4v) is 1.71. The van der Waals surface area contributed by atoms with E-state index in [0.717, 1.165) is 13.2 Å². The first-order valence-corrected chi connectivity index (χ1v) is 6.36. The van der Waals surface area contributed by atoms with Crippen LogP contribution in [0.4, 0.5) is 0 Å². The molecule has 2 heterocycles. The van der Waals surface area contributed by atoms with Crippen molar-refractivity contribution in [3.05, 3.63) is 0 Å². The van der Waals surface area contributed by atoms with Gasteiger partial charge in [0.15, 0.2) is 0 Å². The highest BCUT2D eigenvalue weighted by molar-refractivity contribution is 4.91. The molecule has 0 amide bonds. The summed E-state index contributed by atoms with van der Waals surface area (Å²) >= 11 is 0. The Balaban J connectivity index is 1.81. The Bertz CT molecular complexity index is 267. The molecule has 4 heteroatoms. The van der Waals surface area contributed by atoms with Gasteiger partial charge in [0.25, 0.3) is 0 Å². The van der Waals surface area contributed by atoms with Crippen LogP contribution in [0.2, 0.25) is 0 Å². The van der Waals surface area contributed by atoms with E-state index in [0.29, 0.717) is 12.7 Å². The van der Waals surface area contributed by atoms with Crippen LogP contribution in [0.1, 0.15) is 34.6 Å². The van der Waals surface area contributed by atoms with E-state index >= 15 is 0 Å². The van der Waals surface area contributed by atoms with Gasteiger partial charge in [-0.2, -0.15) is 0 Å². The van der Waals surface area contributed by atoms with Crippen molar-refractivity contribution in [3.63, 3.8) is 0 Å². The fourth-order valence-electron chi connectivity index (χ4n) is 1.71. The molecule has 2 aliphatic rings. The summed E-state index contributed by atoms with van der Waals surface area (Å²) in [6, 6.07) is 0. The molecule has 0 aromatic heterocycles. The molecule has 3 unspecified atom stereocenters. The third-order valence-corrected chi connectivity index (χ3v) is 3.61. The van der Waals surface area contributed by atoms with Gasteiger partial charge in [0.05, 0.1) is 37.1 Å². The van der Waals surface area contributed by atoms with Crippen LogP contribution in [0.15, 0.2) is 0 Å². The van der Waals surface area contributed by atoms with E-state index < -0.39 is 0 Å². The second kappa shape index (κ2) is 4.50. The summed E-state index contributed by atoms with van der Waals surface area (Å²) in [5.74, 6) is 0. The maximum absolute atomic E-state index is 6.09. The lowest BCUT2D eigenvalue weighted by Gasteiger charge is -2.37. The highest BCUT2D eigenvalue weighted by Gasteiger charge is 2.44. The zero-order valence-corrected chi connectivity index (χ0v) is 11.5. The molecule has 0 saturated carbocycles. The van der Waals surface area contributed by atoms with Gasteiger partial charge < -0.3 is 18.9 Å². The van der Waals surface area contributed by atoms with Crippen molar-refractivity contribution >= 4 is 0 Å². The molecule has 2 aliphatic heterocycles. The van der Waals surface area contributed by atoms with Crippen molar-refractivity contribution in [2.75, 3.05) is 19.8 Å². The lowest BCUT2D eigenvalue weighted by atomic mass is 10.00. The van der Waals surface area contributed by atoms with E-state index in [1.807, 2.05) is 0 Å². The predicted octanol–water partition coefficient (Wildman–Crippen LogP) is 1.76. The Kier molecular flexibility index (Phi) is 3.51. The Morgan fingerprint density at radius 1 is 1.18 bits per heavy atom. The molecule has 0 aromatic carbocycles. The van der Waals surface area contributed by atoms with Crippen LogP contribution in [0.25, 0.3) is 0 Å². The smallest absolute Gasteiger partial charge is 0.109 e. The Morgan fingerprint density at radius 2 is 1.76 bits per heavy atom. The number of hydrogen-bond acceptors (Lipinski definition) is 4. The van der Waals surface area contributed by atoms with E-state index in [1.165, 1.54) is 0 Å². The lowest BCUT2D eigenvalue weighted by Crippen LogP contribution is -2.46. The molecule has 4 nitrogen and oxygen atoms in total. The monoisotopic (exact) mass is 244 g/mol. The average Bonchev–Trinajstić information content (AvgIpc) is 3.04. The third kappa shape index (κ3) is 3.65. The van der Waals surface area contributed by atoms with Crippen molar-refractivity contribution < 1.29 is 18.9 Å². The highest BCUT2D eigenvalue weighted by atomic mass is 16.6. The number of epoxide rings is 2. The average molecular weight is 244 g/mol. The van der Waals surface area contributed by atoms with Gasteiger partial charge in [0, 0.05) is 0 Å². The van der Waals surface area contributed by atoms with Crippen LogP contribution in [0, 0.1) is 0 Å². The first-order chi connectivity index (χ1) is 7.81. The molecule has 2 rings (SSSR count). The molecule has 0 radical (unpaired) electrons. The van der Waals surface area contributed by atoms with Crippen LogP contribution < -0.4 is 0 Å². The Labute approximate surface area is 104 Å². The summed E-state index contributed by atoms with van der Waals surface area (Å²) in [7, 11) is 0. The molecule has 0 spiro atoms. The maximum atomic E-state index is 6.09. The summed E-state index contributed by atoms with van der Waals surface area (Å²) in [4.78, 5) is 0. The van der Waals surface area contributed by atoms with Crippen molar-refractivity contribution in [2.24, 2.45) is 0 Å². The van der Waals surface area contributed by atoms with Crippen molar-refractivity contribution in [1.82, 2.24) is 0 Å². The molecule has 3 atom stereocenters. The Hall–Kier alpha value is -0.160. The van der Waals surface area contributed by atoms with Crippen LogP contribution in [-0.2, 0) is 18.9 Å². The van der Waals surface area contributed by atoms with E-state index in [4.69, 9.17) is 18.9 Å². The summed E-state index contributed by atoms with van der Waals surface area (Å²) in [6.45, 7) is 12.6. The molecule has 100 valence electrons. The molecule has 2 saturated heterocycles. The van der Waals surface area contributed by atoms with Crippen LogP contribution >= 0.6 is 0 Å². The SMILES string of the molecule is CC(OC(C)(C)C1CO1)C(C)(C)OCC1CO1. The largest absolute Gasteiger partial charge is 0.371 e. The normalized spacial score (nSPS) is 30.2. The van der Waals surface area contributed by atoms with Gasteiger partial charge in [-0.05, 0) is 34.6 Å². The summed E-state index contributed by atoms with van der Waals surface area (Å²) in [5, 5.41) is 0. The highest BCUT2D eigenvalue weighted by Crippen LogP contribution is 2.32. The zero-order chi connectivity index (χ0) is 12.7. The van der Waals surface area contributed by atoms with Gasteiger partial charge in [0.2, 0.25) is 0 Å². The van der Waals surface area contributed by atoms with Crippen molar-refractivity contribution in [2.45, 2.75) is 64.1 Å². The zero-order valence-electron chi connectivity index (χ0n) is 11.5. The number of ether oxygens (including phenoxy) is 4. The first-order valence-electron chi connectivity index (χ1n) is 6.36. The topological polar surface area (TPSA) is 43.5 Å². The molecule has 17 heavy (non-hydrogen) atoms. The van der Waals surface area contributed by atoms with Gasteiger partial charge in [-0.25, -0.2) is 0 Å². The molecule has 0 aromatic rings. The molecular weight excluding hydrogens is 220 g/mol. The first kappa shape index (κ1) is 13.3. The quantitative estimate of drug-likeness (QED) is 0.640. The van der Waals surface area contributed by atoms with Crippen LogP contribution in [0.5, 0.6) is 0 Å². The van der Waals surface area contributed by atoms with Gasteiger partial charge in [0.1, 0.15) is 12.2 Å². The maximum Gasteiger partial charge on any atom is 0.109 e. The van der Waals surface area contributed by atoms with Gasteiger partial charge in [-0.15, -0.1) is 0 Å². The predicted molar refractivity (Wildman–Crippen MR) is 64.1 cm³/mol. The molecule has 2 fully saturated rings. The molecule has 0 aliphatic carbocycles. The van der Waals surface area contributed by atoms with E-state index in [9.17, 15) is 0 Å². The summed E-state index contributed by atoms with van der Waals surface area (Å²) in [5.41, 5.74) is -0.547. The molecule has 0 N–H and O–H groups in total. The standard InChI is InChI=1S/C13H24O4/c1-9(17-13(4,5)11-8-15-11)12(2,3)16-7-10-6-14-10/h9-11H,6-8H2,1-5H3. The molecule has 0 bridgehead atoms. The van der Waals surface area contributed by atoms with Crippen LogP contribution in [0.3, 0.4) is 0 Å². The van der Waals surface area contributed by atoms with Gasteiger partial charge >= 0.3 is 0 Å². The van der Waals surface area contributed by atoms with Crippen LogP contribution in [-0.4, -0.2) is 49.3 Å². The summed E-state index contributed by atoms with van der Waals surface area (Å²) < 4.78 is 22.4. The lowest BCUT2D eigenvalue weighted by molar-refractivity contribution is -0.172. The van der Waals surface area contributed by atoms with Crippen molar-refractivity contribution in [3.8, 4) is 0 Å². The fraction of sp³-hybridized carbons (Fsp3) is 1.00. The van der Waals surface area contributed by atoms with E-state index in [2.05, 4.69) is 34.6 Å². The summed E-state index contributed by atoms with van der Waals surface area (Å²) in [6.07, 6.45) is 0.536. The second-order valence-electron chi connectivity index (χ2n) is 6.06. The van der Waals surface area contributed by atoms with Crippen molar-refractivity contribution in [1.29, 1.82) is 0 Å². The van der Waals surface area contributed by atoms with E-state index in [-0.39, 0.29) is 23.4 Å². The minimum Gasteiger partial charge on any atom is -0.371 e. The van der Waals surface area contributed by atoms with Gasteiger partial charge in [-0.3, -0.25) is 0 Å². The number of hydrogen-bond donors (Lipinski definition) is 0. The molecular formula is C13H24O4. The Morgan fingerprint density at radius 3 is 2.24 bits per heavy atom. The van der Waals surface area contributed by atoms with Gasteiger partial charge in [-0.1, -0.05) is 0 Å². The second-order valence-corrected chi connectivity index (χ2v) is 6.06. The minimum atomic E-state index is -0.307.